The van der Waals surface area contributed by atoms with Crippen LogP contribution in [0.4, 0.5) is 9.93 Å². The number of halogens is 2. The van der Waals surface area contributed by atoms with Crippen LogP contribution in [-0.2, 0) is 19.5 Å². The van der Waals surface area contributed by atoms with E-state index in [2.05, 4.69) is 20.5 Å². The summed E-state index contributed by atoms with van der Waals surface area (Å²) in [5.41, 5.74) is 2.14. The van der Waals surface area contributed by atoms with Gasteiger partial charge in [-0.05, 0) is 31.5 Å². The van der Waals surface area contributed by atoms with Gasteiger partial charge in [-0.2, -0.15) is 0 Å². The van der Waals surface area contributed by atoms with Gasteiger partial charge in [-0.15, -0.1) is 11.3 Å². The predicted molar refractivity (Wildman–Crippen MR) is 104 cm³/mol. The Morgan fingerprint density at radius 1 is 1.40 bits per heavy atom. The van der Waals surface area contributed by atoms with Crippen LogP contribution in [0, 0.1) is 0 Å². The van der Waals surface area contributed by atoms with Gasteiger partial charge in [0, 0.05) is 47.0 Å². The van der Waals surface area contributed by atoms with Crippen LogP contribution in [0.15, 0.2) is 18.2 Å². The molecule has 0 bridgehead atoms. The highest BCUT2D eigenvalue weighted by Gasteiger charge is 2.22. The Bertz CT molecular complexity index is 778. The van der Waals surface area contributed by atoms with E-state index in [-0.39, 0.29) is 12.1 Å². The van der Waals surface area contributed by atoms with Gasteiger partial charge < -0.3 is 5.32 Å². The smallest absolute Gasteiger partial charge is 0.321 e. The number of carbonyl (C=O) groups excluding carboxylic acids is 1. The third-order valence-electron chi connectivity index (χ3n) is 3.86. The van der Waals surface area contributed by atoms with Crippen molar-refractivity contribution in [3.63, 3.8) is 0 Å². The minimum absolute atomic E-state index is 0.0919. The zero-order valence-electron chi connectivity index (χ0n) is 14.1. The molecule has 0 unspecified atom stereocenters. The molecule has 0 fully saturated rings. The van der Waals surface area contributed by atoms with Gasteiger partial charge in [-0.25, -0.2) is 9.78 Å². The number of nitrogens with zero attached hydrogens (tertiary/aromatic N) is 2. The Morgan fingerprint density at radius 3 is 2.92 bits per heavy atom. The van der Waals surface area contributed by atoms with Gasteiger partial charge in [0.2, 0.25) is 0 Å². The maximum Gasteiger partial charge on any atom is 0.321 e. The quantitative estimate of drug-likeness (QED) is 0.794. The fourth-order valence-corrected chi connectivity index (χ4v) is 4.24. The topological polar surface area (TPSA) is 57.3 Å². The average molecular weight is 399 g/mol. The van der Waals surface area contributed by atoms with Gasteiger partial charge in [0.15, 0.2) is 5.13 Å². The van der Waals surface area contributed by atoms with Crippen LogP contribution >= 0.6 is 34.5 Å². The zero-order valence-corrected chi connectivity index (χ0v) is 16.4. The summed E-state index contributed by atoms with van der Waals surface area (Å²) < 4.78 is 0. The van der Waals surface area contributed by atoms with Crippen LogP contribution in [0.25, 0.3) is 0 Å². The molecule has 0 radical (unpaired) electrons. The van der Waals surface area contributed by atoms with Crippen LogP contribution in [-0.4, -0.2) is 28.5 Å². The fraction of sp³-hybridized carbons (Fsp3) is 0.412. The highest BCUT2D eigenvalue weighted by molar-refractivity contribution is 7.15. The van der Waals surface area contributed by atoms with Gasteiger partial charge in [0.1, 0.15) is 0 Å². The molecule has 8 heteroatoms. The molecule has 0 saturated heterocycles. The summed E-state index contributed by atoms with van der Waals surface area (Å²) in [4.78, 5) is 19.9. The Labute approximate surface area is 161 Å². The molecule has 2 aromatic rings. The van der Waals surface area contributed by atoms with E-state index in [1.54, 1.807) is 6.07 Å². The number of aromatic nitrogens is 1. The Morgan fingerprint density at radius 2 is 2.20 bits per heavy atom. The molecule has 0 atom stereocenters. The number of hydrogen-bond acceptors (Lipinski definition) is 4. The average Bonchev–Trinajstić information content (AvgIpc) is 2.90. The maximum atomic E-state index is 11.8. The predicted octanol–water partition coefficient (Wildman–Crippen LogP) is 4.54. The molecule has 0 aliphatic carbocycles. The van der Waals surface area contributed by atoms with Crippen molar-refractivity contribution in [3.05, 3.63) is 44.4 Å². The van der Waals surface area contributed by atoms with Crippen LogP contribution in [0.5, 0.6) is 0 Å². The summed E-state index contributed by atoms with van der Waals surface area (Å²) in [5.74, 6) is 0. The lowest BCUT2D eigenvalue weighted by molar-refractivity contribution is 0.247. The second-order valence-corrected chi connectivity index (χ2v) is 8.27. The largest absolute Gasteiger partial charge is 0.336 e. The molecule has 2 heterocycles. The van der Waals surface area contributed by atoms with Crippen molar-refractivity contribution >= 4 is 45.7 Å². The Kier molecular flexibility index (Phi) is 5.84. The van der Waals surface area contributed by atoms with Crippen molar-refractivity contribution in [2.45, 2.75) is 39.4 Å². The van der Waals surface area contributed by atoms with Gasteiger partial charge in [0.25, 0.3) is 0 Å². The number of amides is 2. The van der Waals surface area contributed by atoms with E-state index >= 15 is 0 Å². The molecule has 1 aromatic heterocycles. The number of nitrogens with one attached hydrogen (secondary N) is 2. The lowest BCUT2D eigenvalue weighted by Gasteiger charge is -2.26. The Hall–Kier alpha value is -1.34. The van der Waals surface area contributed by atoms with E-state index in [9.17, 15) is 4.79 Å². The van der Waals surface area contributed by atoms with Gasteiger partial charge in [0.05, 0.1) is 5.69 Å². The molecule has 134 valence electrons. The first kappa shape index (κ1) is 18.5. The number of urea groups is 1. The molecule has 25 heavy (non-hydrogen) atoms. The molecule has 0 spiro atoms. The highest BCUT2D eigenvalue weighted by Crippen LogP contribution is 2.30. The van der Waals surface area contributed by atoms with Crippen molar-refractivity contribution in [3.8, 4) is 0 Å². The summed E-state index contributed by atoms with van der Waals surface area (Å²) in [5, 5.41) is 7.60. The zero-order chi connectivity index (χ0) is 18.0. The van der Waals surface area contributed by atoms with E-state index in [1.807, 2.05) is 26.0 Å². The highest BCUT2D eigenvalue weighted by atomic mass is 35.5. The summed E-state index contributed by atoms with van der Waals surface area (Å²) >= 11 is 13.8. The monoisotopic (exact) mass is 398 g/mol. The first-order valence-electron chi connectivity index (χ1n) is 8.13. The van der Waals surface area contributed by atoms with Crippen LogP contribution in [0.2, 0.25) is 10.0 Å². The summed E-state index contributed by atoms with van der Waals surface area (Å²) in [6.45, 7) is 6.33. The number of benzene rings is 1. The van der Waals surface area contributed by atoms with Crippen molar-refractivity contribution in [2.75, 3.05) is 11.9 Å². The Balaban J connectivity index is 1.64. The standard InChI is InChI=1S/C17H20Cl2N4OS/c1-10(2)20-16(24)22-17-21-14-5-6-23(9-15(14)25-17)8-11-3-4-12(18)7-13(11)19/h3-4,7,10H,5-6,8-9H2,1-2H3,(H2,20,21,22,24). The number of fused-ring (bicyclic) bond motifs is 1. The molecule has 2 N–H and O–H groups in total. The minimum atomic E-state index is -0.217. The molecule has 3 rings (SSSR count). The summed E-state index contributed by atoms with van der Waals surface area (Å²) in [6.07, 6.45) is 0.866. The third-order valence-corrected chi connectivity index (χ3v) is 5.44. The van der Waals surface area contributed by atoms with Crippen molar-refractivity contribution in [1.82, 2.24) is 15.2 Å². The normalized spacial score (nSPS) is 14.4. The maximum absolute atomic E-state index is 11.8. The van der Waals surface area contributed by atoms with Crippen LogP contribution in [0.3, 0.4) is 0 Å². The SMILES string of the molecule is CC(C)NC(=O)Nc1nc2c(s1)CN(Cc1ccc(Cl)cc1Cl)CC2. The number of rotatable bonds is 4. The number of anilines is 1. The van der Waals surface area contributed by atoms with E-state index in [4.69, 9.17) is 23.2 Å². The number of thiazole rings is 1. The minimum Gasteiger partial charge on any atom is -0.336 e. The molecule has 1 aromatic carbocycles. The van der Waals surface area contributed by atoms with E-state index in [1.165, 1.54) is 16.2 Å². The van der Waals surface area contributed by atoms with E-state index in [0.717, 1.165) is 37.3 Å². The van der Waals surface area contributed by atoms with Gasteiger partial charge >= 0.3 is 6.03 Å². The summed E-state index contributed by atoms with van der Waals surface area (Å²) in [7, 11) is 0. The van der Waals surface area contributed by atoms with Gasteiger partial charge in [-0.1, -0.05) is 29.3 Å². The van der Waals surface area contributed by atoms with Gasteiger partial charge in [-0.3, -0.25) is 10.2 Å². The van der Waals surface area contributed by atoms with Crippen molar-refractivity contribution in [2.24, 2.45) is 0 Å². The molecule has 5 nitrogen and oxygen atoms in total. The number of hydrogen-bond donors (Lipinski definition) is 2. The molecule has 2 amide bonds. The van der Waals surface area contributed by atoms with Crippen LogP contribution < -0.4 is 10.6 Å². The second kappa shape index (κ2) is 7.91. The van der Waals surface area contributed by atoms with Crippen molar-refractivity contribution in [1.29, 1.82) is 0 Å². The fourth-order valence-electron chi connectivity index (χ4n) is 2.72. The molecule has 1 aliphatic heterocycles. The first-order chi connectivity index (χ1) is 11.9. The lowest BCUT2D eigenvalue weighted by atomic mass is 10.1. The summed E-state index contributed by atoms with van der Waals surface area (Å²) in [6, 6.07) is 5.48. The van der Waals surface area contributed by atoms with E-state index < -0.39 is 0 Å². The first-order valence-corrected chi connectivity index (χ1v) is 9.70. The second-order valence-electron chi connectivity index (χ2n) is 6.34. The third kappa shape index (κ3) is 4.85. The molecular weight excluding hydrogens is 379 g/mol. The van der Waals surface area contributed by atoms with Crippen LogP contribution in [0.1, 0.15) is 30.0 Å². The van der Waals surface area contributed by atoms with Crippen molar-refractivity contribution < 1.29 is 4.79 Å². The van der Waals surface area contributed by atoms with E-state index in [0.29, 0.717) is 15.2 Å². The lowest BCUT2D eigenvalue weighted by Crippen LogP contribution is -2.34. The molecule has 1 aliphatic rings. The molecular formula is C17H20Cl2N4OS. The molecule has 0 saturated carbocycles. The number of carbonyl (C=O) groups is 1.